The largest absolute Gasteiger partial charge is 0.454 e. The maximum absolute atomic E-state index is 12.6. The summed E-state index contributed by atoms with van der Waals surface area (Å²) in [7, 11) is 0. The second-order valence-corrected chi connectivity index (χ2v) is 7.02. The van der Waals surface area contributed by atoms with Crippen LogP contribution in [0.4, 0.5) is 5.69 Å². The van der Waals surface area contributed by atoms with Crippen molar-refractivity contribution in [2.24, 2.45) is 0 Å². The van der Waals surface area contributed by atoms with Gasteiger partial charge in [0.1, 0.15) is 0 Å². The number of rotatable bonds is 3. The molecule has 0 spiro atoms. The summed E-state index contributed by atoms with van der Waals surface area (Å²) in [6, 6.07) is 15.1. The number of thioether (sulfide) groups is 1. The third kappa shape index (κ3) is 3.18. The lowest BCUT2D eigenvalue weighted by Crippen LogP contribution is -2.27. The molecule has 0 N–H and O–H groups in total. The molecule has 2 aliphatic heterocycles. The monoisotopic (exact) mass is 367 g/mol. The van der Waals surface area contributed by atoms with E-state index in [1.807, 2.05) is 60.7 Å². The fourth-order valence-electron chi connectivity index (χ4n) is 2.54. The average molecular weight is 367 g/mol. The number of hydrogen-bond donors (Lipinski definition) is 0. The average Bonchev–Trinajstić information content (AvgIpc) is 3.20. The first-order chi connectivity index (χ1) is 12.2. The third-order valence-electron chi connectivity index (χ3n) is 3.74. The number of thiocarbonyl (C=S) groups is 1. The SMILES string of the molecule is O=C1/C(=C/C=C/c2ccc3c(c2)OCO3)SC(=S)N1c1ccccc1. The molecule has 6 heteroatoms. The Morgan fingerprint density at radius 1 is 1.08 bits per heavy atom. The van der Waals surface area contributed by atoms with Gasteiger partial charge in [0.15, 0.2) is 15.8 Å². The van der Waals surface area contributed by atoms with E-state index < -0.39 is 0 Å². The number of carbonyl (C=O) groups excluding carboxylic acids is 1. The molecule has 1 fully saturated rings. The van der Waals surface area contributed by atoms with Crippen LogP contribution in [0.2, 0.25) is 0 Å². The van der Waals surface area contributed by atoms with Crippen molar-refractivity contribution in [3.05, 3.63) is 71.2 Å². The number of para-hydroxylation sites is 1. The molecule has 25 heavy (non-hydrogen) atoms. The topological polar surface area (TPSA) is 38.8 Å². The normalized spacial score (nSPS) is 17.9. The summed E-state index contributed by atoms with van der Waals surface area (Å²) in [4.78, 5) is 14.7. The molecule has 2 aliphatic rings. The van der Waals surface area contributed by atoms with E-state index in [0.29, 0.717) is 9.23 Å². The zero-order chi connectivity index (χ0) is 17.2. The van der Waals surface area contributed by atoms with E-state index in [0.717, 1.165) is 22.7 Å². The van der Waals surface area contributed by atoms with Crippen molar-refractivity contribution in [3.8, 4) is 11.5 Å². The Balaban J connectivity index is 1.52. The highest BCUT2D eigenvalue weighted by Gasteiger charge is 2.32. The zero-order valence-electron chi connectivity index (χ0n) is 13.0. The van der Waals surface area contributed by atoms with Gasteiger partial charge in [0.05, 0.1) is 10.6 Å². The molecule has 0 atom stereocenters. The van der Waals surface area contributed by atoms with E-state index in [4.69, 9.17) is 21.7 Å². The van der Waals surface area contributed by atoms with Crippen LogP contribution in [0.5, 0.6) is 11.5 Å². The van der Waals surface area contributed by atoms with E-state index >= 15 is 0 Å². The summed E-state index contributed by atoms with van der Waals surface area (Å²) in [6.45, 7) is 0.254. The first kappa shape index (κ1) is 15.9. The lowest BCUT2D eigenvalue weighted by Gasteiger charge is -2.13. The highest BCUT2D eigenvalue weighted by Crippen LogP contribution is 2.35. The van der Waals surface area contributed by atoms with Crippen molar-refractivity contribution in [3.63, 3.8) is 0 Å². The van der Waals surface area contributed by atoms with Crippen molar-refractivity contribution in [2.75, 3.05) is 11.7 Å². The Morgan fingerprint density at radius 2 is 1.88 bits per heavy atom. The Bertz CT molecular complexity index is 906. The van der Waals surface area contributed by atoms with E-state index in [2.05, 4.69) is 0 Å². The fraction of sp³-hybridized carbons (Fsp3) is 0.0526. The van der Waals surface area contributed by atoms with Crippen LogP contribution in [0.15, 0.2) is 65.6 Å². The van der Waals surface area contributed by atoms with Crippen molar-refractivity contribution < 1.29 is 14.3 Å². The Morgan fingerprint density at radius 3 is 2.72 bits per heavy atom. The van der Waals surface area contributed by atoms with Crippen LogP contribution < -0.4 is 14.4 Å². The van der Waals surface area contributed by atoms with Crippen LogP contribution in [0.3, 0.4) is 0 Å². The molecule has 0 bridgehead atoms. The van der Waals surface area contributed by atoms with Gasteiger partial charge in [-0.2, -0.15) is 0 Å². The van der Waals surface area contributed by atoms with E-state index in [1.54, 1.807) is 11.0 Å². The molecule has 0 aromatic heterocycles. The number of allylic oxidation sites excluding steroid dienone is 2. The predicted octanol–water partition coefficient (Wildman–Crippen LogP) is 4.38. The van der Waals surface area contributed by atoms with Gasteiger partial charge in [0.2, 0.25) is 6.79 Å². The van der Waals surface area contributed by atoms with Gasteiger partial charge in [0.25, 0.3) is 5.91 Å². The summed E-state index contributed by atoms with van der Waals surface area (Å²) in [6.07, 6.45) is 5.54. The molecule has 1 amide bonds. The molecule has 0 aliphatic carbocycles. The number of amides is 1. The molecule has 1 saturated heterocycles. The van der Waals surface area contributed by atoms with E-state index in [-0.39, 0.29) is 12.7 Å². The summed E-state index contributed by atoms with van der Waals surface area (Å²) in [5.41, 5.74) is 1.76. The first-order valence-corrected chi connectivity index (χ1v) is 8.84. The van der Waals surface area contributed by atoms with Gasteiger partial charge in [-0.3, -0.25) is 9.69 Å². The molecule has 2 aromatic carbocycles. The maximum Gasteiger partial charge on any atom is 0.270 e. The summed E-state index contributed by atoms with van der Waals surface area (Å²) in [5, 5.41) is 0. The smallest absolute Gasteiger partial charge is 0.270 e. The molecule has 0 saturated carbocycles. The second-order valence-electron chi connectivity index (χ2n) is 5.35. The van der Waals surface area contributed by atoms with Gasteiger partial charge in [-0.15, -0.1) is 0 Å². The third-order valence-corrected chi connectivity index (χ3v) is 5.06. The van der Waals surface area contributed by atoms with Gasteiger partial charge in [-0.25, -0.2) is 0 Å². The number of carbonyl (C=O) groups is 1. The molecule has 2 aromatic rings. The van der Waals surface area contributed by atoms with Gasteiger partial charge < -0.3 is 9.47 Å². The number of hydrogen-bond acceptors (Lipinski definition) is 5. The standard InChI is InChI=1S/C19H13NO3S2/c21-18-17(25-19(24)20(18)14-6-2-1-3-7-14)8-4-5-13-9-10-15-16(11-13)23-12-22-15/h1-11H,12H2/b5-4+,17-8-. The molecule has 0 radical (unpaired) electrons. The van der Waals surface area contributed by atoms with Crippen molar-refractivity contribution >= 4 is 46.0 Å². The molecular formula is C19H13NO3S2. The minimum absolute atomic E-state index is 0.100. The van der Waals surface area contributed by atoms with Crippen LogP contribution >= 0.6 is 24.0 Å². The van der Waals surface area contributed by atoms with Crippen LogP contribution in [0, 0.1) is 0 Å². The van der Waals surface area contributed by atoms with E-state index in [9.17, 15) is 4.79 Å². The van der Waals surface area contributed by atoms with Crippen LogP contribution in [-0.2, 0) is 4.79 Å². The highest BCUT2D eigenvalue weighted by molar-refractivity contribution is 8.27. The Kier molecular flexibility index (Phi) is 4.29. The fourth-order valence-corrected chi connectivity index (χ4v) is 3.80. The van der Waals surface area contributed by atoms with Gasteiger partial charge in [-0.05, 0) is 35.9 Å². The minimum atomic E-state index is -0.100. The number of benzene rings is 2. The summed E-state index contributed by atoms with van der Waals surface area (Å²) < 4.78 is 11.2. The van der Waals surface area contributed by atoms with Crippen LogP contribution in [0.25, 0.3) is 6.08 Å². The van der Waals surface area contributed by atoms with Gasteiger partial charge in [0, 0.05) is 0 Å². The minimum Gasteiger partial charge on any atom is -0.454 e. The Hall–Kier alpha value is -2.57. The van der Waals surface area contributed by atoms with Gasteiger partial charge >= 0.3 is 0 Å². The number of anilines is 1. The number of fused-ring (bicyclic) bond motifs is 1. The molecule has 0 unspecified atom stereocenters. The first-order valence-electron chi connectivity index (χ1n) is 7.62. The predicted molar refractivity (Wildman–Crippen MR) is 104 cm³/mol. The number of nitrogens with zero attached hydrogens (tertiary/aromatic N) is 1. The van der Waals surface area contributed by atoms with Crippen LogP contribution in [0.1, 0.15) is 5.56 Å². The zero-order valence-corrected chi connectivity index (χ0v) is 14.7. The van der Waals surface area contributed by atoms with Gasteiger partial charge in [-0.1, -0.05) is 60.4 Å². The summed E-state index contributed by atoms with van der Waals surface area (Å²) in [5.74, 6) is 1.38. The lowest BCUT2D eigenvalue weighted by molar-refractivity contribution is -0.113. The molecule has 4 nitrogen and oxygen atoms in total. The van der Waals surface area contributed by atoms with Crippen molar-refractivity contribution in [1.29, 1.82) is 0 Å². The molecule has 2 heterocycles. The maximum atomic E-state index is 12.6. The van der Waals surface area contributed by atoms with Crippen molar-refractivity contribution in [2.45, 2.75) is 0 Å². The second kappa shape index (κ2) is 6.74. The quantitative estimate of drug-likeness (QED) is 0.595. The van der Waals surface area contributed by atoms with E-state index in [1.165, 1.54) is 11.8 Å². The highest BCUT2D eigenvalue weighted by atomic mass is 32.2. The lowest BCUT2D eigenvalue weighted by atomic mass is 10.2. The molecule has 4 rings (SSSR count). The van der Waals surface area contributed by atoms with Crippen molar-refractivity contribution in [1.82, 2.24) is 0 Å². The number of ether oxygens (including phenoxy) is 2. The van der Waals surface area contributed by atoms with Crippen LogP contribution in [-0.4, -0.2) is 17.0 Å². The Labute approximate surface area is 154 Å². The summed E-state index contributed by atoms with van der Waals surface area (Å²) >= 11 is 6.65. The molecule has 124 valence electrons. The molecular weight excluding hydrogens is 354 g/mol.